The van der Waals surface area contributed by atoms with Gasteiger partial charge in [0.15, 0.2) is 0 Å². The van der Waals surface area contributed by atoms with Crippen LogP contribution >= 0.6 is 0 Å². The van der Waals surface area contributed by atoms with Gasteiger partial charge in [-0.2, -0.15) is 0 Å². The standard InChI is InChI=1S/C28H32NO3/c1-29(17-22-11-5-2-6-12-22,18-23-13-7-3-8-14-23)25-20-31-28-26(21-32-27(25)28)30-19-24-15-9-4-10-16-24/h2-16,25-28H,17-21H2,1H3/q+1/t25-,26-,27-,28-/m1/s1. The van der Waals surface area contributed by atoms with Gasteiger partial charge in [0.2, 0.25) is 0 Å². The molecule has 32 heavy (non-hydrogen) atoms. The normalized spacial score (nSPS) is 25.0. The second kappa shape index (κ2) is 9.55. The molecule has 0 aromatic heterocycles. The summed E-state index contributed by atoms with van der Waals surface area (Å²) in [7, 11) is 2.35. The molecule has 2 fully saturated rings. The van der Waals surface area contributed by atoms with Crippen LogP contribution in [0.3, 0.4) is 0 Å². The van der Waals surface area contributed by atoms with Gasteiger partial charge >= 0.3 is 0 Å². The molecular formula is C28H32NO3+. The highest BCUT2D eigenvalue weighted by atomic mass is 16.6. The third-order valence-corrected chi connectivity index (χ3v) is 6.86. The number of likely N-dealkylation sites (N-methyl/N-ethyl adjacent to an activating group) is 1. The molecule has 0 amide bonds. The Hall–Kier alpha value is -2.50. The molecular weight excluding hydrogens is 398 g/mol. The fraction of sp³-hybridized carbons (Fsp3) is 0.357. The topological polar surface area (TPSA) is 27.7 Å². The monoisotopic (exact) mass is 430 g/mol. The molecule has 4 atom stereocenters. The van der Waals surface area contributed by atoms with E-state index < -0.39 is 0 Å². The highest BCUT2D eigenvalue weighted by Crippen LogP contribution is 2.36. The maximum atomic E-state index is 6.35. The van der Waals surface area contributed by atoms with E-state index in [9.17, 15) is 0 Å². The van der Waals surface area contributed by atoms with Crippen LogP contribution in [0.25, 0.3) is 0 Å². The minimum atomic E-state index is -0.0212. The van der Waals surface area contributed by atoms with E-state index in [1.54, 1.807) is 0 Å². The van der Waals surface area contributed by atoms with E-state index in [1.165, 1.54) is 16.7 Å². The van der Waals surface area contributed by atoms with Crippen LogP contribution in [0.2, 0.25) is 0 Å². The lowest BCUT2D eigenvalue weighted by Gasteiger charge is -2.41. The molecule has 0 N–H and O–H groups in total. The first-order valence-electron chi connectivity index (χ1n) is 11.5. The number of ether oxygens (including phenoxy) is 3. The summed E-state index contributed by atoms with van der Waals surface area (Å²) >= 11 is 0. The van der Waals surface area contributed by atoms with Crippen LogP contribution in [0.4, 0.5) is 0 Å². The molecule has 4 heteroatoms. The number of hydrogen-bond donors (Lipinski definition) is 0. The third kappa shape index (κ3) is 4.64. The number of nitrogens with zero attached hydrogens (tertiary/aromatic N) is 1. The predicted octanol–water partition coefficient (Wildman–Crippen LogP) is 4.59. The molecule has 3 aromatic carbocycles. The largest absolute Gasteiger partial charge is 0.368 e. The van der Waals surface area contributed by atoms with E-state index in [1.807, 2.05) is 18.2 Å². The first kappa shape index (κ1) is 21.4. The van der Waals surface area contributed by atoms with Crippen LogP contribution in [0, 0.1) is 0 Å². The van der Waals surface area contributed by atoms with Crippen molar-refractivity contribution in [2.75, 3.05) is 20.3 Å². The van der Waals surface area contributed by atoms with Crippen molar-refractivity contribution in [3.63, 3.8) is 0 Å². The maximum absolute atomic E-state index is 6.35. The van der Waals surface area contributed by atoms with Crippen molar-refractivity contribution in [2.24, 2.45) is 0 Å². The van der Waals surface area contributed by atoms with Gasteiger partial charge in [0, 0.05) is 11.1 Å². The minimum Gasteiger partial charge on any atom is -0.368 e. The second-order valence-corrected chi connectivity index (χ2v) is 9.27. The van der Waals surface area contributed by atoms with E-state index in [0.717, 1.165) is 17.6 Å². The van der Waals surface area contributed by atoms with Gasteiger partial charge in [0.1, 0.15) is 44.1 Å². The van der Waals surface area contributed by atoms with Gasteiger partial charge in [-0.05, 0) is 5.56 Å². The summed E-state index contributed by atoms with van der Waals surface area (Å²) in [5.41, 5.74) is 3.85. The lowest BCUT2D eigenvalue weighted by atomic mass is 10.0. The number of hydrogen-bond acceptors (Lipinski definition) is 3. The number of rotatable bonds is 8. The van der Waals surface area contributed by atoms with Crippen LogP contribution in [-0.4, -0.2) is 49.1 Å². The quantitative estimate of drug-likeness (QED) is 0.490. The summed E-state index contributed by atoms with van der Waals surface area (Å²) < 4.78 is 19.8. The zero-order valence-electron chi connectivity index (χ0n) is 18.7. The highest BCUT2D eigenvalue weighted by molar-refractivity contribution is 5.16. The average molecular weight is 431 g/mol. The molecule has 2 saturated heterocycles. The predicted molar refractivity (Wildman–Crippen MR) is 125 cm³/mol. The van der Waals surface area contributed by atoms with Gasteiger partial charge < -0.3 is 18.7 Å². The summed E-state index contributed by atoms with van der Waals surface area (Å²) in [6, 6.07) is 32.1. The molecule has 2 aliphatic heterocycles. The first-order valence-corrected chi connectivity index (χ1v) is 11.5. The Bertz CT molecular complexity index is 938. The lowest BCUT2D eigenvalue weighted by Crippen LogP contribution is -2.56. The van der Waals surface area contributed by atoms with Gasteiger partial charge in [-0.25, -0.2) is 0 Å². The summed E-state index contributed by atoms with van der Waals surface area (Å²) in [6.45, 7) is 3.75. The van der Waals surface area contributed by atoms with E-state index in [4.69, 9.17) is 14.2 Å². The van der Waals surface area contributed by atoms with E-state index in [0.29, 0.717) is 19.8 Å². The molecule has 0 unspecified atom stereocenters. The summed E-state index contributed by atoms with van der Waals surface area (Å²) in [6.07, 6.45) is 0.0213. The van der Waals surface area contributed by atoms with Crippen molar-refractivity contribution in [2.45, 2.75) is 44.1 Å². The molecule has 3 aromatic rings. The Balaban J connectivity index is 1.33. The van der Waals surface area contributed by atoms with E-state index in [-0.39, 0.29) is 24.4 Å². The fourth-order valence-corrected chi connectivity index (χ4v) is 5.19. The Kier molecular flexibility index (Phi) is 6.37. The Morgan fingerprint density at radius 3 is 1.75 bits per heavy atom. The van der Waals surface area contributed by atoms with E-state index in [2.05, 4.69) is 79.8 Å². The molecule has 2 heterocycles. The van der Waals surface area contributed by atoms with E-state index >= 15 is 0 Å². The van der Waals surface area contributed by atoms with Crippen LogP contribution in [0.5, 0.6) is 0 Å². The van der Waals surface area contributed by atoms with Crippen LogP contribution in [-0.2, 0) is 33.9 Å². The van der Waals surface area contributed by atoms with Gasteiger partial charge in [-0.15, -0.1) is 0 Å². The molecule has 5 rings (SSSR count). The van der Waals surface area contributed by atoms with Crippen LogP contribution in [0.15, 0.2) is 91.0 Å². The fourth-order valence-electron chi connectivity index (χ4n) is 5.19. The van der Waals surface area contributed by atoms with Crippen molar-refractivity contribution >= 4 is 0 Å². The molecule has 2 aliphatic rings. The van der Waals surface area contributed by atoms with Crippen molar-refractivity contribution in [3.8, 4) is 0 Å². The Labute approximate surface area is 190 Å². The number of quaternary nitrogens is 1. The van der Waals surface area contributed by atoms with Gasteiger partial charge in [0.05, 0.1) is 20.3 Å². The Morgan fingerprint density at radius 1 is 0.688 bits per heavy atom. The lowest BCUT2D eigenvalue weighted by molar-refractivity contribution is -0.959. The molecule has 166 valence electrons. The summed E-state index contributed by atoms with van der Waals surface area (Å²) in [5, 5.41) is 0. The molecule has 0 spiro atoms. The minimum absolute atomic E-state index is 0.00675. The zero-order chi connectivity index (χ0) is 21.8. The van der Waals surface area contributed by atoms with Gasteiger partial charge in [-0.1, -0.05) is 91.0 Å². The van der Waals surface area contributed by atoms with Crippen molar-refractivity contribution in [1.82, 2.24) is 0 Å². The molecule has 0 radical (unpaired) electrons. The highest BCUT2D eigenvalue weighted by Gasteiger charge is 2.55. The van der Waals surface area contributed by atoms with Crippen LogP contribution < -0.4 is 0 Å². The zero-order valence-corrected chi connectivity index (χ0v) is 18.7. The summed E-state index contributed by atoms with van der Waals surface area (Å²) in [4.78, 5) is 0. The maximum Gasteiger partial charge on any atom is 0.142 e. The second-order valence-electron chi connectivity index (χ2n) is 9.27. The van der Waals surface area contributed by atoms with Gasteiger partial charge in [0.25, 0.3) is 0 Å². The third-order valence-electron chi connectivity index (χ3n) is 6.86. The van der Waals surface area contributed by atoms with Crippen molar-refractivity contribution in [3.05, 3.63) is 108 Å². The molecule has 4 nitrogen and oxygen atoms in total. The molecule has 0 bridgehead atoms. The van der Waals surface area contributed by atoms with Crippen molar-refractivity contribution < 1.29 is 18.7 Å². The first-order chi connectivity index (χ1) is 15.7. The molecule has 0 saturated carbocycles. The van der Waals surface area contributed by atoms with Crippen molar-refractivity contribution in [1.29, 1.82) is 0 Å². The summed E-state index contributed by atoms with van der Waals surface area (Å²) in [5.74, 6) is 0. The number of fused-ring (bicyclic) bond motifs is 1. The van der Waals surface area contributed by atoms with Gasteiger partial charge in [-0.3, -0.25) is 0 Å². The Morgan fingerprint density at radius 2 is 1.19 bits per heavy atom. The van der Waals surface area contributed by atoms with Crippen LogP contribution in [0.1, 0.15) is 16.7 Å². The average Bonchev–Trinajstić information content (AvgIpc) is 3.42. The molecule has 0 aliphatic carbocycles. The smallest absolute Gasteiger partial charge is 0.142 e. The number of benzene rings is 3. The SMILES string of the molecule is C[N+](Cc1ccccc1)(Cc1ccccc1)[C@@H]1CO[C@H]2[C@@H]1OC[C@H]2OCc1ccccc1.